The molecule has 1 N–H and O–H groups in total. The van der Waals surface area contributed by atoms with Crippen LogP contribution in [0.2, 0.25) is 0 Å². The molecule has 1 aromatic carbocycles. The number of benzene rings is 1. The van der Waals surface area contributed by atoms with Gasteiger partial charge < -0.3 is 10.2 Å². The van der Waals surface area contributed by atoms with Gasteiger partial charge in [0.15, 0.2) is 0 Å². The first kappa shape index (κ1) is 16.2. The number of aromatic nitrogens is 3. The van der Waals surface area contributed by atoms with Gasteiger partial charge in [-0.2, -0.15) is 0 Å². The predicted molar refractivity (Wildman–Crippen MR) is 91.4 cm³/mol. The van der Waals surface area contributed by atoms with Gasteiger partial charge in [-0.1, -0.05) is 6.07 Å². The number of rotatable bonds is 5. The topological polar surface area (TPSA) is 101 Å². The Labute approximate surface area is 149 Å². The minimum atomic E-state index is -0.332. The first-order valence-corrected chi connectivity index (χ1v) is 8.34. The number of pyridine rings is 1. The summed E-state index contributed by atoms with van der Waals surface area (Å²) >= 11 is 0. The molecule has 26 heavy (non-hydrogen) atoms. The third kappa shape index (κ3) is 3.39. The predicted octanol–water partition coefficient (Wildman–Crippen LogP) is 1.28. The minimum absolute atomic E-state index is 0.00273. The number of fused-ring (bicyclic) bond motifs is 1. The summed E-state index contributed by atoms with van der Waals surface area (Å²) in [5.41, 5.74) is 3.23. The highest BCUT2D eigenvalue weighted by molar-refractivity contribution is 5.89. The summed E-state index contributed by atoms with van der Waals surface area (Å²) in [6, 6.07) is 9.22. The lowest BCUT2D eigenvalue weighted by Gasteiger charge is -2.16. The summed E-state index contributed by atoms with van der Waals surface area (Å²) in [7, 11) is 0. The Morgan fingerprint density at radius 3 is 2.81 bits per heavy atom. The van der Waals surface area contributed by atoms with Crippen LogP contribution in [0.25, 0.3) is 11.0 Å². The van der Waals surface area contributed by atoms with Gasteiger partial charge in [-0.25, -0.2) is 4.63 Å². The maximum Gasteiger partial charge on any atom is 0.225 e. The normalized spacial score (nSPS) is 17.0. The molecular weight excluding hydrogens is 334 g/mol. The SMILES string of the molecule is O=C(NCc1ccc2nonc2c1)[C@@H]1CC(=O)N(Cc2ccncc2)C1. The Hall–Kier alpha value is -3.29. The van der Waals surface area contributed by atoms with Crippen molar-refractivity contribution < 1.29 is 14.2 Å². The second-order valence-corrected chi connectivity index (χ2v) is 6.34. The fraction of sp³-hybridized carbons (Fsp3) is 0.278. The highest BCUT2D eigenvalue weighted by atomic mass is 16.6. The second-order valence-electron chi connectivity index (χ2n) is 6.34. The van der Waals surface area contributed by atoms with E-state index in [1.54, 1.807) is 23.4 Å². The van der Waals surface area contributed by atoms with E-state index in [1.807, 2.05) is 24.3 Å². The fourth-order valence-electron chi connectivity index (χ4n) is 3.08. The molecule has 8 nitrogen and oxygen atoms in total. The highest BCUT2D eigenvalue weighted by Crippen LogP contribution is 2.20. The zero-order valence-electron chi connectivity index (χ0n) is 14.0. The summed E-state index contributed by atoms with van der Waals surface area (Å²) in [5.74, 6) is -0.451. The first-order valence-electron chi connectivity index (χ1n) is 8.34. The standard InChI is InChI=1S/C18H17N5O3/c24-17-8-14(11-23(17)10-12-3-5-19-6-4-12)18(25)20-9-13-1-2-15-16(7-13)22-26-21-15/h1-7,14H,8-11H2,(H,20,25)/t14-/m1/s1. The van der Waals surface area contributed by atoms with E-state index in [1.165, 1.54) is 0 Å². The largest absolute Gasteiger partial charge is 0.352 e. The molecule has 1 aliphatic rings. The van der Waals surface area contributed by atoms with Gasteiger partial charge >= 0.3 is 0 Å². The van der Waals surface area contributed by atoms with E-state index in [2.05, 4.69) is 25.2 Å². The maximum absolute atomic E-state index is 12.4. The molecule has 1 atom stereocenters. The van der Waals surface area contributed by atoms with Crippen molar-refractivity contribution >= 4 is 22.8 Å². The fourth-order valence-corrected chi connectivity index (χ4v) is 3.08. The maximum atomic E-state index is 12.4. The number of hydrogen-bond donors (Lipinski definition) is 1. The number of nitrogens with one attached hydrogen (secondary N) is 1. The van der Waals surface area contributed by atoms with Gasteiger partial charge in [-0.05, 0) is 45.7 Å². The molecule has 0 unspecified atom stereocenters. The number of nitrogens with zero attached hydrogens (tertiary/aromatic N) is 4. The van der Waals surface area contributed by atoms with Crippen molar-refractivity contribution in [2.45, 2.75) is 19.5 Å². The zero-order valence-corrected chi connectivity index (χ0v) is 14.0. The molecule has 1 aliphatic heterocycles. The van der Waals surface area contributed by atoms with Gasteiger partial charge in [0.2, 0.25) is 11.8 Å². The lowest BCUT2D eigenvalue weighted by atomic mass is 10.1. The van der Waals surface area contributed by atoms with Crippen molar-refractivity contribution in [3.63, 3.8) is 0 Å². The molecule has 4 rings (SSSR count). The van der Waals surface area contributed by atoms with Gasteiger partial charge in [0.1, 0.15) is 11.0 Å². The van der Waals surface area contributed by atoms with Crippen LogP contribution < -0.4 is 5.32 Å². The molecule has 2 amide bonds. The quantitative estimate of drug-likeness (QED) is 0.743. The molecule has 3 aromatic rings. The number of likely N-dealkylation sites (tertiary alicyclic amines) is 1. The van der Waals surface area contributed by atoms with Crippen molar-refractivity contribution in [1.29, 1.82) is 0 Å². The van der Waals surface area contributed by atoms with E-state index in [-0.39, 0.29) is 24.2 Å². The van der Waals surface area contributed by atoms with Crippen LogP contribution in [-0.4, -0.2) is 38.6 Å². The van der Waals surface area contributed by atoms with Crippen LogP contribution in [-0.2, 0) is 22.7 Å². The van der Waals surface area contributed by atoms with Crippen LogP contribution in [0.1, 0.15) is 17.5 Å². The van der Waals surface area contributed by atoms with E-state index < -0.39 is 0 Å². The molecule has 3 heterocycles. The molecule has 0 radical (unpaired) electrons. The summed E-state index contributed by atoms with van der Waals surface area (Å²) < 4.78 is 4.66. The lowest BCUT2D eigenvalue weighted by Crippen LogP contribution is -2.32. The highest BCUT2D eigenvalue weighted by Gasteiger charge is 2.34. The summed E-state index contributed by atoms with van der Waals surface area (Å²) in [6.45, 7) is 1.30. The number of carbonyl (C=O) groups is 2. The average molecular weight is 351 g/mol. The van der Waals surface area contributed by atoms with E-state index >= 15 is 0 Å². The van der Waals surface area contributed by atoms with E-state index in [0.717, 1.165) is 11.1 Å². The molecule has 0 spiro atoms. The number of amides is 2. The number of hydrogen-bond acceptors (Lipinski definition) is 6. The monoisotopic (exact) mass is 351 g/mol. The summed E-state index contributed by atoms with van der Waals surface area (Å²) in [4.78, 5) is 30.3. The van der Waals surface area contributed by atoms with Crippen LogP contribution in [0.15, 0.2) is 47.4 Å². The van der Waals surface area contributed by atoms with Gasteiger partial charge in [0.25, 0.3) is 0 Å². The molecule has 1 saturated heterocycles. The van der Waals surface area contributed by atoms with Crippen molar-refractivity contribution in [1.82, 2.24) is 25.5 Å². The van der Waals surface area contributed by atoms with Crippen molar-refractivity contribution in [3.05, 3.63) is 53.9 Å². The van der Waals surface area contributed by atoms with Crippen LogP contribution in [0.4, 0.5) is 0 Å². The molecule has 0 bridgehead atoms. The average Bonchev–Trinajstić information content (AvgIpc) is 3.27. The van der Waals surface area contributed by atoms with E-state index in [9.17, 15) is 9.59 Å². The van der Waals surface area contributed by atoms with Crippen LogP contribution in [0.5, 0.6) is 0 Å². The Bertz CT molecular complexity index is 940. The van der Waals surface area contributed by atoms with Gasteiger partial charge in [0.05, 0.1) is 5.92 Å². The minimum Gasteiger partial charge on any atom is -0.352 e. The van der Waals surface area contributed by atoms with Crippen molar-refractivity contribution in [2.75, 3.05) is 6.54 Å². The van der Waals surface area contributed by atoms with Gasteiger partial charge in [0, 0.05) is 38.4 Å². The third-order valence-electron chi connectivity index (χ3n) is 4.49. The van der Waals surface area contributed by atoms with Crippen LogP contribution >= 0.6 is 0 Å². The summed E-state index contributed by atoms with van der Waals surface area (Å²) in [5, 5.41) is 10.4. The molecule has 8 heteroatoms. The van der Waals surface area contributed by atoms with E-state index in [4.69, 9.17) is 0 Å². The molecule has 0 saturated carbocycles. The van der Waals surface area contributed by atoms with Crippen LogP contribution in [0, 0.1) is 5.92 Å². The van der Waals surface area contributed by atoms with Crippen LogP contribution in [0.3, 0.4) is 0 Å². The second kappa shape index (κ2) is 6.91. The summed E-state index contributed by atoms with van der Waals surface area (Å²) in [6.07, 6.45) is 3.63. The van der Waals surface area contributed by atoms with Crippen molar-refractivity contribution in [3.8, 4) is 0 Å². The first-order chi connectivity index (χ1) is 12.7. The zero-order chi connectivity index (χ0) is 17.9. The molecule has 0 aliphatic carbocycles. The smallest absolute Gasteiger partial charge is 0.225 e. The Morgan fingerprint density at radius 1 is 1.15 bits per heavy atom. The molecule has 132 valence electrons. The lowest BCUT2D eigenvalue weighted by molar-refractivity contribution is -0.129. The molecule has 1 fully saturated rings. The molecule has 2 aromatic heterocycles. The Morgan fingerprint density at radius 2 is 1.96 bits per heavy atom. The van der Waals surface area contributed by atoms with E-state index in [0.29, 0.717) is 30.7 Å². The van der Waals surface area contributed by atoms with Gasteiger partial charge in [-0.3, -0.25) is 14.6 Å². The van der Waals surface area contributed by atoms with Crippen molar-refractivity contribution in [2.24, 2.45) is 5.92 Å². The van der Waals surface area contributed by atoms with Gasteiger partial charge in [-0.15, -0.1) is 0 Å². The number of carbonyl (C=O) groups excluding carboxylic acids is 2. The Balaban J connectivity index is 1.34. The molecular formula is C18H17N5O3. The Kier molecular flexibility index (Phi) is 4.30. The third-order valence-corrected chi connectivity index (χ3v) is 4.49.